The summed E-state index contributed by atoms with van der Waals surface area (Å²) in [6.07, 6.45) is 14.5. The molecule has 332 valence electrons. The first-order valence-corrected chi connectivity index (χ1v) is 22.2. The molecule has 1 aromatic carbocycles. The van der Waals surface area contributed by atoms with Crippen molar-refractivity contribution in [2.45, 2.75) is 108 Å². The summed E-state index contributed by atoms with van der Waals surface area (Å²) in [6, 6.07) is 7.10. The molecule has 0 bridgehead atoms. The van der Waals surface area contributed by atoms with Crippen LogP contribution in [0.5, 0.6) is 0 Å². The number of halogens is 2. The van der Waals surface area contributed by atoms with Crippen LogP contribution in [0.1, 0.15) is 124 Å². The summed E-state index contributed by atoms with van der Waals surface area (Å²) in [5.74, 6) is 0.0571. The number of nitrogens with one attached hydrogen (secondary N) is 3. The molecule has 2 aliphatic heterocycles. The summed E-state index contributed by atoms with van der Waals surface area (Å²) in [6.45, 7) is 4.72. The lowest BCUT2D eigenvalue weighted by molar-refractivity contribution is -0.135. The number of nitrogens with zero attached hydrogens (tertiary/aromatic N) is 8. The molecule has 1 aliphatic carbocycles. The van der Waals surface area contributed by atoms with Gasteiger partial charge in [0.15, 0.2) is 11.3 Å². The van der Waals surface area contributed by atoms with E-state index in [1.807, 2.05) is 24.3 Å². The van der Waals surface area contributed by atoms with Crippen LogP contribution in [0, 0.1) is 5.92 Å². The molecule has 0 radical (unpaired) electrons. The number of hydrogen-bond donors (Lipinski definition) is 3. The highest BCUT2D eigenvalue weighted by molar-refractivity contribution is 6.08. The van der Waals surface area contributed by atoms with E-state index in [-0.39, 0.29) is 35.3 Å². The Hall–Kier alpha value is -5.49. The third-order valence-electron chi connectivity index (χ3n) is 12.8. The van der Waals surface area contributed by atoms with Gasteiger partial charge in [-0.25, -0.2) is 23.1 Å². The monoisotopic (exact) mass is 857 g/mol. The van der Waals surface area contributed by atoms with E-state index in [4.69, 9.17) is 9.72 Å². The highest BCUT2D eigenvalue weighted by Crippen LogP contribution is 2.37. The molecule has 1 unspecified atom stereocenters. The Labute approximate surface area is 358 Å². The van der Waals surface area contributed by atoms with Gasteiger partial charge in [-0.2, -0.15) is 10.2 Å². The summed E-state index contributed by atoms with van der Waals surface area (Å²) in [4.78, 5) is 57.4. The number of benzene rings is 1. The molecular formula is C44H57F2N11O5. The maximum Gasteiger partial charge on any atom is 0.329 e. The van der Waals surface area contributed by atoms with Crippen LogP contribution in [0.4, 0.5) is 20.3 Å². The lowest BCUT2D eigenvalue weighted by Gasteiger charge is -2.28. The van der Waals surface area contributed by atoms with Crippen LogP contribution in [0.25, 0.3) is 16.7 Å². The van der Waals surface area contributed by atoms with Gasteiger partial charge in [-0.3, -0.25) is 33.5 Å². The van der Waals surface area contributed by atoms with Crippen LogP contribution in [0.2, 0.25) is 0 Å². The number of piperazine rings is 1. The largest absolute Gasteiger partial charge is 0.381 e. The molecule has 3 fully saturated rings. The van der Waals surface area contributed by atoms with Gasteiger partial charge < -0.3 is 20.3 Å². The van der Waals surface area contributed by atoms with Crippen molar-refractivity contribution < 1.29 is 27.9 Å². The number of imide groups is 1. The number of imidazole rings is 1. The molecule has 5 aromatic rings. The topological polar surface area (TPSA) is 175 Å². The first kappa shape index (κ1) is 43.2. The molecule has 4 aromatic heterocycles. The summed E-state index contributed by atoms with van der Waals surface area (Å²) < 4.78 is 40.5. The normalized spacial score (nSPS) is 19.8. The molecule has 3 N–H and O–H groups in total. The number of ether oxygens (including phenoxy) is 1. The fourth-order valence-corrected chi connectivity index (χ4v) is 9.25. The number of carbonyl (C=O) groups excluding carboxylic acids is 3. The molecule has 18 heteroatoms. The second-order valence-corrected chi connectivity index (χ2v) is 17.0. The number of hydrogen-bond acceptors (Lipinski definition) is 10. The Balaban J connectivity index is 0.709. The van der Waals surface area contributed by atoms with Gasteiger partial charge in [-0.1, -0.05) is 31.7 Å². The lowest BCUT2D eigenvalue weighted by atomic mass is 9.83. The third-order valence-corrected chi connectivity index (χ3v) is 12.8. The summed E-state index contributed by atoms with van der Waals surface area (Å²) in [5.41, 5.74) is 2.50. The van der Waals surface area contributed by atoms with E-state index in [1.165, 1.54) is 15.3 Å². The number of carbonyl (C=O) groups is 3. The Kier molecular flexibility index (Phi) is 13.7. The van der Waals surface area contributed by atoms with Crippen LogP contribution in [-0.2, 0) is 27.8 Å². The minimum absolute atomic E-state index is 0.00499. The number of amides is 3. The average molecular weight is 858 g/mol. The van der Waals surface area contributed by atoms with Crippen molar-refractivity contribution in [2.24, 2.45) is 13.0 Å². The molecule has 16 nitrogen and oxygen atoms in total. The SMILES string of the molecule is Cn1c(=O)n(C2CCC(=O)NC2=O)c2ccc(CCCCOCCCCCCC3CCC(n4cc(NC(=O)c5cnn6ccc(N7CCNCC7)nc56)c(C(F)F)n4)CC3)cc21. The molecule has 8 rings (SSSR count). The van der Waals surface area contributed by atoms with Gasteiger partial charge in [0.2, 0.25) is 11.8 Å². The number of anilines is 2. The molecule has 0 spiro atoms. The lowest BCUT2D eigenvalue weighted by Crippen LogP contribution is -2.44. The van der Waals surface area contributed by atoms with E-state index in [1.54, 1.807) is 28.7 Å². The molecule has 6 heterocycles. The summed E-state index contributed by atoms with van der Waals surface area (Å²) >= 11 is 0. The van der Waals surface area contributed by atoms with Crippen molar-refractivity contribution in [3.63, 3.8) is 0 Å². The summed E-state index contributed by atoms with van der Waals surface area (Å²) in [5, 5.41) is 16.9. The second kappa shape index (κ2) is 19.7. The van der Waals surface area contributed by atoms with E-state index in [9.17, 15) is 28.0 Å². The van der Waals surface area contributed by atoms with Crippen LogP contribution in [-0.4, -0.2) is 90.6 Å². The molecule has 2 saturated heterocycles. The molecular weight excluding hydrogens is 801 g/mol. The number of piperidine rings is 1. The molecule has 62 heavy (non-hydrogen) atoms. The number of aryl methyl sites for hydroxylation is 2. The standard InChI is InChI=1S/C44H57F2N11O5/c1-53-36-26-30(12-15-34(36)57(44(53)61)35-16-17-38(58)51-43(35)60)9-5-7-25-62-24-6-3-2-4-8-29-10-13-31(14-11-29)56-28-33(39(52-56)40(45)46)49-42(59)32-27-48-55-21-18-37(50-41(32)55)54-22-19-47-20-23-54/h12,15,18,21,26-29,31,35,40,47H,2-11,13-14,16-17,19-20,22-25H2,1H3,(H,49,59)(H,51,58,60). The maximum atomic E-state index is 14.2. The Morgan fingerprint density at radius 3 is 2.50 bits per heavy atom. The van der Waals surface area contributed by atoms with Gasteiger partial charge in [0.25, 0.3) is 12.3 Å². The van der Waals surface area contributed by atoms with Crippen molar-refractivity contribution >= 4 is 45.9 Å². The highest BCUT2D eigenvalue weighted by atomic mass is 19.3. The predicted octanol–water partition coefficient (Wildman–Crippen LogP) is 5.88. The molecule has 3 aliphatic rings. The number of unbranched alkanes of at least 4 members (excludes halogenated alkanes) is 4. The number of alkyl halides is 2. The minimum atomic E-state index is -2.84. The van der Waals surface area contributed by atoms with Gasteiger partial charge >= 0.3 is 5.69 Å². The zero-order chi connectivity index (χ0) is 43.2. The van der Waals surface area contributed by atoms with E-state index < -0.39 is 30.0 Å². The smallest absolute Gasteiger partial charge is 0.329 e. The molecule has 1 atom stereocenters. The summed E-state index contributed by atoms with van der Waals surface area (Å²) in [7, 11) is 1.71. The zero-order valence-corrected chi connectivity index (χ0v) is 35.4. The van der Waals surface area contributed by atoms with Gasteiger partial charge in [-0.05, 0) is 87.5 Å². The average Bonchev–Trinajstić information content (AvgIpc) is 3.97. The van der Waals surface area contributed by atoms with Gasteiger partial charge in [0.1, 0.15) is 17.4 Å². The van der Waals surface area contributed by atoms with Crippen molar-refractivity contribution in [1.82, 2.24) is 44.1 Å². The Morgan fingerprint density at radius 1 is 0.952 bits per heavy atom. The van der Waals surface area contributed by atoms with E-state index in [0.717, 1.165) is 127 Å². The molecule has 3 amide bonds. The van der Waals surface area contributed by atoms with Gasteiger partial charge in [-0.15, -0.1) is 0 Å². The first-order chi connectivity index (χ1) is 30.1. The van der Waals surface area contributed by atoms with Crippen LogP contribution in [0.15, 0.2) is 47.7 Å². The highest BCUT2D eigenvalue weighted by Gasteiger charge is 2.32. The minimum Gasteiger partial charge on any atom is -0.381 e. The predicted molar refractivity (Wildman–Crippen MR) is 230 cm³/mol. The van der Waals surface area contributed by atoms with Crippen LogP contribution >= 0.6 is 0 Å². The number of rotatable bonds is 18. The van der Waals surface area contributed by atoms with E-state index in [2.05, 4.69) is 31.0 Å². The fourth-order valence-electron chi connectivity index (χ4n) is 9.25. The quantitative estimate of drug-likeness (QED) is 0.0714. The van der Waals surface area contributed by atoms with E-state index >= 15 is 0 Å². The molecule has 1 saturated carbocycles. The Bertz CT molecular complexity index is 2430. The van der Waals surface area contributed by atoms with Gasteiger partial charge in [0.05, 0.1) is 29.0 Å². The number of aromatic nitrogens is 7. The number of fused-ring (bicyclic) bond motifs is 2. The maximum absolute atomic E-state index is 14.2. The van der Waals surface area contributed by atoms with E-state index in [0.29, 0.717) is 30.1 Å². The third kappa shape index (κ3) is 9.75. The van der Waals surface area contributed by atoms with Gasteiger partial charge in [0, 0.05) is 65.3 Å². The fraction of sp³-hybridized carbons (Fsp3) is 0.568. The first-order valence-electron chi connectivity index (χ1n) is 22.2. The van der Waals surface area contributed by atoms with Crippen molar-refractivity contribution in [1.29, 1.82) is 0 Å². The zero-order valence-electron chi connectivity index (χ0n) is 35.4. The van der Waals surface area contributed by atoms with Crippen molar-refractivity contribution in [2.75, 3.05) is 49.6 Å². The van der Waals surface area contributed by atoms with Crippen LogP contribution in [0.3, 0.4) is 0 Å². The van der Waals surface area contributed by atoms with Crippen molar-refractivity contribution in [3.05, 3.63) is 70.2 Å². The van der Waals surface area contributed by atoms with Crippen molar-refractivity contribution in [3.8, 4) is 0 Å². The second-order valence-electron chi connectivity index (χ2n) is 17.0. The van der Waals surface area contributed by atoms with Crippen LogP contribution < -0.4 is 26.5 Å². The Morgan fingerprint density at radius 2 is 1.73 bits per heavy atom.